The summed E-state index contributed by atoms with van der Waals surface area (Å²) in [7, 11) is 6.26. The molecule has 3 rings (SSSR count). The van der Waals surface area contributed by atoms with Crippen LogP contribution in [0.5, 0.6) is 0 Å². The summed E-state index contributed by atoms with van der Waals surface area (Å²) in [4.78, 5) is 2.12. The van der Waals surface area contributed by atoms with Crippen molar-refractivity contribution in [3.63, 3.8) is 0 Å². The number of aromatic nitrogens is 1. The zero-order chi connectivity index (χ0) is 15.0. The summed E-state index contributed by atoms with van der Waals surface area (Å²) in [5.74, 6) is 0. The predicted molar refractivity (Wildman–Crippen MR) is 89.6 cm³/mol. The highest BCUT2D eigenvalue weighted by molar-refractivity contribution is 5.78. The van der Waals surface area contributed by atoms with Crippen LogP contribution in [0.4, 0.5) is 5.69 Å². The molecule has 0 fully saturated rings. The Labute approximate surface area is 149 Å². The number of nitrogens with zero attached hydrogens (tertiary/aromatic N) is 2. The second kappa shape index (κ2) is 6.65. The van der Waals surface area contributed by atoms with Gasteiger partial charge in [0.05, 0.1) is 0 Å². The number of benzene rings is 2. The molecule has 3 aromatic rings. The highest BCUT2D eigenvalue weighted by Gasteiger charge is 2.13. The minimum Gasteiger partial charge on any atom is -1.00 e. The van der Waals surface area contributed by atoms with Crippen LogP contribution >= 0.6 is 0 Å². The van der Waals surface area contributed by atoms with E-state index in [1.54, 1.807) is 0 Å². The van der Waals surface area contributed by atoms with Gasteiger partial charge in [0.15, 0.2) is 0 Å². The molecule has 114 valence electrons. The number of rotatable bonds is 2. The minimum absolute atomic E-state index is 0. The van der Waals surface area contributed by atoms with Crippen molar-refractivity contribution in [2.75, 3.05) is 19.0 Å². The Bertz CT molecular complexity index is 792. The molecule has 1 aromatic heterocycles. The highest BCUT2D eigenvalue weighted by Crippen LogP contribution is 2.22. The molecule has 22 heavy (non-hydrogen) atoms. The van der Waals surface area contributed by atoms with Crippen molar-refractivity contribution >= 4 is 16.6 Å². The molecule has 2 aromatic carbocycles. The summed E-state index contributed by atoms with van der Waals surface area (Å²) in [6.07, 6.45) is 0. The first-order valence-electron chi connectivity index (χ1n) is 7.23. The highest BCUT2D eigenvalue weighted by atomic mass is 127. The van der Waals surface area contributed by atoms with Gasteiger partial charge in [-0.3, -0.25) is 0 Å². The molecule has 0 aliphatic heterocycles. The predicted octanol–water partition coefficient (Wildman–Crippen LogP) is 0.710. The van der Waals surface area contributed by atoms with Gasteiger partial charge in [0.2, 0.25) is 11.2 Å². The summed E-state index contributed by atoms with van der Waals surface area (Å²) >= 11 is 0. The van der Waals surface area contributed by atoms with E-state index in [-0.39, 0.29) is 24.0 Å². The molecule has 0 bridgehead atoms. The van der Waals surface area contributed by atoms with Crippen molar-refractivity contribution in [2.45, 2.75) is 6.92 Å². The first-order valence-corrected chi connectivity index (χ1v) is 7.23. The lowest BCUT2D eigenvalue weighted by Gasteiger charge is -2.12. The maximum absolute atomic E-state index is 2.27. The van der Waals surface area contributed by atoms with E-state index >= 15 is 0 Å². The normalized spacial score (nSPS) is 10.4. The van der Waals surface area contributed by atoms with Gasteiger partial charge in [0.1, 0.15) is 7.05 Å². The Morgan fingerprint density at radius 2 is 1.50 bits per heavy atom. The zero-order valence-electron chi connectivity index (χ0n) is 13.5. The quantitative estimate of drug-likeness (QED) is 0.451. The molecule has 0 unspecified atom stereocenters. The van der Waals surface area contributed by atoms with Gasteiger partial charge in [0, 0.05) is 42.9 Å². The third-order valence-corrected chi connectivity index (χ3v) is 4.01. The average Bonchev–Trinajstić information content (AvgIpc) is 2.48. The van der Waals surface area contributed by atoms with Crippen LogP contribution < -0.4 is 33.4 Å². The molecule has 1 heterocycles. The number of hydrogen-bond donors (Lipinski definition) is 0. The van der Waals surface area contributed by atoms with Crippen LogP contribution in [0.1, 0.15) is 5.56 Å². The fraction of sp³-hybridized carbons (Fsp3) is 0.211. The molecule has 0 saturated heterocycles. The summed E-state index contributed by atoms with van der Waals surface area (Å²) in [5.41, 5.74) is 6.25. The molecule has 0 N–H and O–H groups in total. The van der Waals surface area contributed by atoms with Gasteiger partial charge in [-0.1, -0.05) is 6.07 Å². The Balaban J connectivity index is 0.00000176. The van der Waals surface area contributed by atoms with Crippen LogP contribution in [0, 0.1) is 6.92 Å². The Hall–Kier alpha value is -1.62. The Morgan fingerprint density at radius 1 is 0.864 bits per heavy atom. The van der Waals surface area contributed by atoms with Crippen LogP contribution in [0.3, 0.4) is 0 Å². The first kappa shape index (κ1) is 16.7. The SMILES string of the molecule is Cc1ccc2ccc(-c3ccc(N(C)C)cc3)[n+](C)c2c1.[I-]. The van der Waals surface area contributed by atoms with E-state index in [9.17, 15) is 0 Å². The van der Waals surface area contributed by atoms with E-state index in [0.717, 1.165) is 0 Å². The summed E-state index contributed by atoms with van der Waals surface area (Å²) in [6, 6.07) is 19.7. The van der Waals surface area contributed by atoms with E-state index in [0.29, 0.717) is 0 Å². The van der Waals surface area contributed by atoms with E-state index in [1.165, 1.54) is 33.4 Å². The van der Waals surface area contributed by atoms with Crippen molar-refractivity contribution in [1.29, 1.82) is 0 Å². The number of hydrogen-bond acceptors (Lipinski definition) is 1. The second-order valence-electron chi connectivity index (χ2n) is 5.78. The smallest absolute Gasteiger partial charge is 0.213 e. The largest absolute Gasteiger partial charge is 1.00 e. The fourth-order valence-corrected chi connectivity index (χ4v) is 2.72. The summed E-state index contributed by atoms with van der Waals surface area (Å²) in [6.45, 7) is 2.14. The third-order valence-electron chi connectivity index (χ3n) is 4.01. The monoisotopic (exact) mass is 404 g/mol. The average molecular weight is 404 g/mol. The molecular weight excluding hydrogens is 383 g/mol. The number of halogens is 1. The van der Waals surface area contributed by atoms with Crippen LogP contribution in [-0.4, -0.2) is 14.1 Å². The van der Waals surface area contributed by atoms with E-state index in [2.05, 4.69) is 92.1 Å². The molecule has 0 amide bonds. The van der Waals surface area contributed by atoms with Crippen molar-refractivity contribution in [1.82, 2.24) is 0 Å². The number of anilines is 1. The maximum Gasteiger partial charge on any atom is 0.213 e. The van der Waals surface area contributed by atoms with Crippen LogP contribution in [0.15, 0.2) is 54.6 Å². The van der Waals surface area contributed by atoms with Gasteiger partial charge in [-0.05, 0) is 48.9 Å². The molecule has 0 radical (unpaired) electrons. The Morgan fingerprint density at radius 3 is 2.14 bits per heavy atom. The zero-order valence-corrected chi connectivity index (χ0v) is 15.6. The topological polar surface area (TPSA) is 7.12 Å². The molecule has 0 spiro atoms. The lowest BCUT2D eigenvalue weighted by atomic mass is 10.1. The lowest BCUT2D eigenvalue weighted by molar-refractivity contribution is -0.633. The molecule has 2 nitrogen and oxygen atoms in total. The molecular formula is C19H21IN2. The van der Waals surface area contributed by atoms with Gasteiger partial charge in [-0.25, -0.2) is 0 Å². The van der Waals surface area contributed by atoms with E-state index in [4.69, 9.17) is 0 Å². The van der Waals surface area contributed by atoms with Crippen molar-refractivity contribution in [2.24, 2.45) is 7.05 Å². The summed E-state index contributed by atoms with van der Waals surface area (Å²) in [5, 5.41) is 1.27. The number of aryl methyl sites for hydroxylation is 2. The molecule has 0 saturated carbocycles. The van der Waals surface area contributed by atoms with Gasteiger partial charge in [-0.2, -0.15) is 4.57 Å². The molecule has 3 heteroatoms. The maximum atomic E-state index is 2.27. The third kappa shape index (κ3) is 3.09. The Kier molecular flexibility index (Phi) is 5.06. The number of fused-ring (bicyclic) bond motifs is 1. The van der Waals surface area contributed by atoms with Crippen LogP contribution in [-0.2, 0) is 7.05 Å². The van der Waals surface area contributed by atoms with Crippen molar-refractivity contribution < 1.29 is 28.5 Å². The van der Waals surface area contributed by atoms with Gasteiger partial charge in [0.25, 0.3) is 0 Å². The second-order valence-corrected chi connectivity index (χ2v) is 5.78. The molecule has 0 aliphatic carbocycles. The lowest BCUT2D eigenvalue weighted by Crippen LogP contribution is -3.00. The van der Waals surface area contributed by atoms with Gasteiger partial charge >= 0.3 is 0 Å². The van der Waals surface area contributed by atoms with E-state index < -0.39 is 0 Å². The molecule has 0 aliphatic rings. The van der Waals surface area contributed by atoms with Gasteiger partial charge in [-0.15, -0.1) is 0 Å². The molecule has 0 atom stereocenters. The first-order chi connectivity index (χ1) is 10.1. The minimum atomic E-state index is 0. The van der Waals surface area contributed by atoms with Gasteiger partial charge < -0.3 is 28.9 Å². The summed E-state index contributed by atoms with van der Waals surface area (Å²) < 4.78 is 2.27. The van der Waals surface area contributed by atoms with Crippen molar-refractivity contribution in [3.8, 4) is 11.3 Å². The van der Waals surface area contributed by atoms with Crippen LogP contribution in [0.25, 0.3) is 22.2 Å². The fourth-order valence-electron chi connectivity index (χ4n) is 2.72. The standard InChI is InChI=1S/C19H21N2.HI/c1-14-5-6-16-9-12-18(21(4)19(16)13-14)15-7-10-17(11-8-15)20(2)3;/h5-13H,1-4H3;1H/q+1;/p-1. The van der Waals surface area contributed by atoms with Crippen molar-refractivity contribution in [3.05, 3.63) is 60.2 Å². The number of pyridine rings is 1. The van der Waals surface area contributed by atoms with E-state index in [1.807, 2.05) is 0 Å². The van der Waals surface area contributed by atoms with Crippen LogP contribution in [0.2, 0.25) is 0 Å².